The Morgan fingerprint density at radius 1 is 1.21 bits per heavy atom. The zero-order chi connectivity index (χ0) is 14.1. The van der Waals surface area contributed by atoms with E-state index in [1.807, 2.05) is 12.1 Å². The lowest BCUT2D eigenvalue weighted by atomic mass is 10.2. The van der Waals surface area contributed by atoms with Crippen LogP contribution in [0.2, 0.25) is 0 Å². The molecule has 0 aliphatic rings. The van der Waals surface area contributed by atoms with Crippen molar-refractivity contribution < 1.29 is 14.6 Å². The fourth-order valence-corrected chi connectivity index (χ4v) is 1.82. The molecule has 0 amide bonds. The first-order chi connectivity index (χ1) is 9.19. The minimum absolute atomic E-state index is 0.259. The maximum Gasteiger partial charge on any atom is 0.161 e. The van der Waals surface area contributed by atoms with Crippen LogP contribution in [-0.4, -0.2) is 30.4 Å². The largest absolute Gasteiger partial charge is 0.493 e. The minimum Gasteiger partial charge on any atom is -0.493 e. The third-order valence-corrected chi connectivity index (χ3v) is 2.99. The fraction of sp³-hybridized carbons (Fsp3) is 0.500. The van der Waals surface area contributed by atoms with Gasteiger partial charge in [-0.2, -0.15) is 0 Å². The summed E-state index contributed by atoms with van der Waals surface area (Å²) < 4.78 is 10.9. The molecule has 0 atom stereocenters. The van der Waals surface area contributed by atoms with Gasteiger partial charge in [0, 0.05) is 12.2 Å². The highest BCUT2D eigenvalue weighted by molar-refractivity contribution is 7.80. The van der Waals surface area contributed by atoms with Crippen LogP contribution in [0.25, 0.3) is 0 Å². The Morgan fingerprint density at radius 3 is 2.58 bits per heavy atom. The Morgan fingerprint density at radius 2 is 1.95 bits per heavy atom. The van der Waals surface area contributed by atoms with Gasteiger partial charge in [0.1, 0.15) is 4.99 Å². The Balaban J connectivity index is 2.47. The quantitative estimate of drug-likeness (QED) is 0.537. The summed E-state index contributed by atoms with van der Waals surface area (Å²) in [5.41, 5.74) is 6.34. The van der Waals surface area contributed by atoms with Crippen LogP contribution < -0.4 is 15.2 Å². The molecule has 0 saturated heterocycles. The molecule has 0 aliphatic heterocycles. The highest BCUT2D eigenvalue weighted by Gasteiger charge is 2.07. The predicted octanol–water partition coefficient (Wildman–Crippen LogP) is 2.26. The average Bonchev–Trinajstić information content (AvgIpc) is 2.42. The SMILES string of the molecule is COc1cc(C(N)=S)ccc1OCCCCCCO. The van der Waals surface area contributed by atoms with Crippen LogP contribution in [0, 0.1) is 0 Å². The molecule has 5 heteroatoms. The van der Waals surface area contributed by atoms with Crippen LogP contribution in [0.3, 0.4) is 0 Å². The highest BCUT2D eigenvalue weighted by Crippen LogP contribution is 2.28. The van der Waals surface area contributed by atoms with Gasteiger partial charge in [0.15, 0.2) is 11.5 Å². The summed E-state index contributed by atoms with van der Waals surface area (Å²) in [7, 11) is 1.59. The molecular formula is C14H21NO3S. The molecule has 1 aromatic carbocycles. The topological polar surface area (TPSA) is 64.7 Å². The van der Waals surface area contributed by atoms with Gasteiger partial charge in [0.05, 0.1) is 13.7 Å². The van der Waals surface area contributed by atoms with Crippen LogP contribution in [0.1, 0.15) is 31.2 Å². The number of hydrogen-bond donors (Lipinski definition) is 2. The summed E-state index contributed by atoms with van der Waals surface area (Å²) in [6, 6.07) is 5.43. The van der Waals surface area contributed by atoms with Crippen LogP contribution >= 0.6 is 12.2 Å². The number of unbranched alkanes of at least 4 members (excludes halogenated alkanes) is 3. The van der Waals surface area contributed by atoms with Crippen LogP contribution in [-0.2, 0) is 0 Å². The van der Waals surface area contributed by atoms with Crippen LogP contribution in [0.5, 0.6) is 11.5 Å². The van der Waals surface area contributed by atoms with E-state index in [-0.39, 0.29) is 6.61 Å². The van der Waals surface area contributed by atoms with Crippen molar-refractivity contribution >= 4 is 17.2 Å². The molecule has 3 N–H and O–H groups in total. The van der Waals surface area contributed by atoms with Gasteiger partial charge in [-0.25, -0.2) is 0 Å². The number of nitrogens with two attached hydrogens (primary N) is 1. The van der Waals surface area contributed by atoms with Crippen molar-refractivity contribution in [2.45, 2.75) is 25.7 Å². The molecule has 0 bridgehead atoms. The molecule has 0 aromatic heterocycles. The standard InChI is InChI=1S/C14H21NO3S/c1-17-13-10-11(14(15)19)6-7-12(13)18-9-5-3-2-4-8-16/h6-7,10,16H,2-5,8-9H2,1H3,(H2,15,19). The number of rotatable bonds is 9. The molecule has 1 rings (SSSR count). The molecule has 0 saturated carbocycles. The van der Waals surface area contributed by atoms with Gasteiger partial charge in [-0.15, -0.1) is 0 Å². The van der Waals surface area contributed by atoms with E-state index in [4.69, 9.17) is 32.5 Å². The number of aliphatic hydroxyl groups is 1. The first-order valence-electron chi connectivity index (χ1n) is 6.40. The predicted molar refractivity (Wildman–Crippen MR) is 79.9 cm³/mol. The molecule has 0 spiro atoms. The van der Waals surface area contributed by atoms with E-state index in [0.29, 0.717) is 23.1 Å². The first kappa shape index (κ1) is 15.7. The van der Waals surface area contributed by atoms with Crippen molar-refractivity contribution in [2.75, 3.05) is 20.3 Å². The summed E-state index contributed by atoms with van der Waals surface area (Å²) in [6.07, 6.45) is 3.89. The number of aliphatic hydroxyl groups excluding tert-OH is 1. The second-order valence-electron chi connectivity index (χ2n) is 4.22. The third kappa shape index (κ3) is 5.44. The number of methoxy groups -OCH3 is 1. The van der Waals surface area contributed by atoms with Crippen molar-refractivity contribution in [1.29, 1.82) is 0 Å². The molecule has 106 valence electrons. The van der Waals surface area contributed by atoms with E-state index in [9.17, 15) is 0 Å². The summed E-state index contributed by atoms with van der Waals surface area (Å²) in [5, 5.41) is 8.67. The number of thiocarbonyl (C=S) groups is 1. The summed E-state index contributed by atoms with van der Waals surface area (Å²) in [5.74, 6) is 1.34. The Hall–Kier alpha value is -1.33. The second-order valence-corrected chi connectivity index (χ2v) is 4.66. The van der Waals surface area contributed by atoms with Gasteiger partial charge in [0.2, 0.25) is 0 Å². The lowest BCUT2D eigenvalue weighted by Gasteiger charge is -2.11. The summed E-state index contributed by atoms with van der Waals surface area (Å²) in [4.78, 5) is 0.342. The maximum absolute atomic E-state index is 8.67. The zero-order valence-electron chi connectivity index (χ0n) is 11.2. The number of benzene rings is 1. The normalized spacial score (nSPS) is 10.2. The van der Waals surface area contributed by atoms with E-state index in [2.05, 4.69) is 0 Å². The van der Waals surface area contributed by atoms with E-state index in [1.54, 1.807) is 13.2 Å². The minimum atomic E-state index is 0.259. The first-order valence-corrected chi connectivity index (χ1v) is 6.81. The molecule has 4 nitrogen and oxygen atoms in total. The zero-order valence-corrected chi connectivity index (χ0v) is 12.0. The third-order valence-electron chi connectivity index (χ3n) is 2.76. The lowest BCUT2D eigenvalue weighted by Crippen LogP contribution is -2.09. The van der Waals surface area contributed by atoms with Crippen molar-refractivity contribution in [2.24, 2.45) is 5.73 Å². The molecule has 0 heterocycles. The lowest BCUT2D eigenvalue weighted by molar-refractivity contribution is 0.268. The molecule has 19 heavy (non-hydrogen) atoms. The van der Waals surface area contributed by atoms with Gasteiger partial charge in [0.25, 0.3) is 0 Å². The van der Waals surface area contributed by atoms with Gasteiger partial charge in [-0.3, -0.25) is 0 Å². The molecular weight excluding hydrogens is 262 g/mol. The fourth-order valence-electron chi connectivity index (χ4n) is 1.69. The van der Waals surface area contributed by atoms with Gasteiger partial charge < -0.3 is 20.3 Å². The molecule has 1 aromatic rings. The van der Waals surface area contributed by atoms with Crippen molar-refractivity contribution in [3.63, 3.8) is 0 Å². The van der Waals surface area contributed by atoms with Crippen molar-refractivity contribution in [3.05, 3.63) is 23.8 Å². The second kappa shape index (κ2) is 8.72. The van der Waals surface area contributed by atoms with Crippen LogP contribution in [0.4, 0.5) is 0 Å². The van der Waals surface area contributed by atoms with Crippen molar-refractivity contribution in [1.82, 2.24) is 0 Å². The highest BCUT2D eigenvalue weighted by atomic mass is 32.1. The molecule has 0 aliphatic carbocycles. The van der Waals surface area contributed by atoms with E-state index < -0.39 is 0 Å². The van der Waals surface area contributed by atoms with Gasteiger partial charge >= 0.3 is 0 Å². The Kier molecular flexibility index (Phi) is 7.22. The van der Waals surface area contributed by atoms with E-state index in [1.165, 1.54) is 0 Å². The number of ether oxygens (including phenoxy) is 2. The smallest absolute Gasteiger partial charge is 0.161 e. The summed E-state index contributed by atoms with van der Waals surface area (Å²) >= 11 is 4.92. The maximum atomic E-state index is 8.67. The van der Waals surface area contributed by atoms with Crippen molar-refractivity contribution in [3.8, 4) is 11.5 Å². The monoisotopic (exact) mass is 283 g/mol. The van der Waals surface area contributed by atoms with Gasteiger partial charge in [-0.1, -0.05) is 18.6 Å². The Labute approximate surface area is 119 Å². The summed E-state index contributed by atoms with van der Waals surface area (Å²) in [6.45, 7) is 0.892. The molecule has 0 unspecified atom stereocenters. The van der Waals surface area contributed by atoms with E-state index >= 15 is 0 Å². The van der Waals surface area contributed by atoms with E-state index in [0.717, 1.165) is 31.2 Å². The molecule has 0 radical (unpaired) electrons. The Bertz CT molecular complexity index is 410. The average molecular weight is 283 g/mol. The van der Waals surface area contributed by atoms with Crippen LogP contribution in [0.15, 0.2) is 18.2 Å². The van der Waals surface area contributed by atoms with Gasteiger partial charge in [-0.05, 0) is 37.5 Å². The number of hydrogen-bond acceptors (Lipinski definition) is 4. The molecule has 0 fully saturated rings.